The first-order valence-electron chi connectivity index (χ1n) is 7.85. The van der Waals surface area contributed by atoms with Gasteiger partial charge in [0, 0.05) is 32.0 Å². The Bertz CT molecular complexity index is 835. The summed E-state index contributed by atoms with van der Waals surface area (Å²) >= 11 is 1.49. The van der Waals surface area contributed by atoms with Crippen LogP contribution in [0.4, 0.5) is 5.69 Å². The first-order valence-corrected chi connectivity index (χ1v) is 10.2. The molecule has 0 unspecified atom stereocenters. The van der Waals surface area contributed by atoms with E-state index in [2.05, 4.69) is 5.32 Å². The average Bonchev–Trinajstić information content (AvgIpc) is 3.11. The van der Waals surface area contributed by atoms with Gasteiger partial charge < -0.3 is 14.8 Å². The number of nitrogens with one attached hydrogen (secondary N) is 1. The molecule has 2 aromatic rings. The van der Waals surface area contributed by atoms with Crippen LogP contribution in [0.3, 0.4) is 0 Å². The maximum atomic E-state index is 13.1. The van der Waals surface area contributed by atoms with Gasteiger partial charge in [0.2, 0.25) is 15.9 Å². The molecule has 0 aliphatic heterocycles. The van der Waals surface area contributed by atoms with Gasteiger partial charge in [0.15, 0.2) is 0 Å². The Morgan fingerprint density at radius 3 is 2.62 bits per heavy atom. The van der Waals surface area contributed by atoms with Crippen LogP contribution in [0.1, 0.15) is 11.8 Å². The third-order valence-corrected chi connectivity index (χ3v) is 6.28. The van der Waals surface area contributed by atoms with Crippen LogP contribution in [0, 0.1) is 0 Å². The first kappa shape index (κ1) is 20.4. The molecule has 0 atom stereocenters. The molecule has 0 fully saturated rings. The van der Waals surface area contributed by atoms with Crippen LogP contribution < -0.4 is 10.1 Å². The van der Waals surface area contributed by atoms with Crippen molar-refractivity contribution in [1.29, 1.82) is 0 Å². The number of amides is 1. The summed E-state index contributed by atoms with van der Waals surface area (Å²) in [6.07, 6.45) is 0. The molecule has 2 rings (SSSR count). The van der Waals surface area contributed by atoms with Crippen molar-refractivity contribution in [3.63, 3.8) is 0 Å². The number of sulfonamides is 1. The normalized spacial score (nSPS) is 11.5. The monoisotopic (exact) mass is 398 g/mol. The number of benzene rings is 1. The number of nitrogens with zero attached hydrogens (tertiary/aromatic N) is 1. The van der Waals surface area contributed by atoms with Crippen molar-refractivity contribution in [3.8, 4) is 5.75 Å². The van der Waals surface area contributed by atoms with E-state index in [0.717, 1.165) is 4.88 Å². The Balaban J connectivity index is 2.39. The Morgan fingerprint density at radius 1 is 1.27 bits per heavy atom. The molecule has 1 heterocycles. The van der Waals surface area contributed by atoms with Crippen LogP contribution in [-0.2, 0) is 26.1 Å². The molecule has 0 saturated carbocycles. The van der Waals surface area contributed by atoms with E-state index in [0.29, 0.717) is 11.4 Å². The van der Waals surface area contributed by atoms with Crippen molar-refractivity contribution in [1.82, 2.24) is 4.31 Å². The molecule has 26 heavy (non-hydrogen) atoms. The predicted octanol–water partition coefficient (Wildman–Crippen LogP) is 2.55. The van der Waals surface area contributed by atoms with E-state index in [9.17, 15) is 13.2 Å². The molecule has 0 saturated heterocycles. The van der Waals surface area contributed by atoms with Gasteiger partial charge in [-0.3, -0.25) is 4.79 Å². The minimum absolute atomic E-state index is 0.0784. The fraction of sp³-hybridized carbons (Fsp3) is 0.353. The molecular weight excluding hydrogens is 376 g/mol. The zero-order chi connectivity index (χ0) is 19.2. The number of hydrogen-bond acceptors (Lipinski definition) is 6. The number of carbonyl (C=O) groups is 1. The van der Waals surface area contributed by atoms with Crippen molar-refractivity contribution in [2.24, 2.45) is 0 Å². The van der Waals surface area contributed by atoms with Crippen LogP contribution in [0.15, 0.2) is 40.6 Å². The van der Waals surface area contributed by atoms with Crippen LogP contribution >= 0.6 is 11.3 Å². The summed E-state index contributed by atoms with van der Waals surface area (Å²) in [5.41, 5.74) is 0.309. The van der Waals surface area contributed by atoms with Crippen LogP contribution in [0.2, 0.25) is 0 Å². The lowest BCUT2D eigenvalue weighted by molar-refractivity contribution is -0.114. The highest BCUT2D eigenvalue weighted by Crippen LogP contribution is 2.29. The summed E-state index contributed by atoms with van der Waals surface area (Å²) in [5, 5.41) is 4.50. The lowest BCUT2D eigenvalue weighted by Gasteiger charge is -2.22. The summed E-state index contributed by atoms with van der Waals surface area (Å²) in [6.45, 7) is 2.10. The minimum atomic E-state index is -3.78. The lowest BCUT2D eigenvalue weighted by atomic mass is 10.3. The second kappa shape index (κ2) is 9.13. The SMILES string of the molecule is COCCN(Cc1cccs1)S(=O)(=O)c1ccc(OC)c(NC(C)=O)c1. The molecule has 1 aromatic carbocycles. The highest BCUT2D eigenvalue weighted by molar-refractivity contribution is 7.89. The zero-order valence-corrected chi connectivity index (χ0v) is 16.5. The Kier molecular flexibility index (Phi) is 7.15. The Morgan fingerprint density at radius 2 is 2.04 bits per heavy atom. The number of ether oxygens (including phenoxy) is 2. The van der Waals surface area contributed by atoms with Crippen molar-refractivity contribution >= 4 is 33.0 Å². The molecule has 1 amide bonds. The fourth-order valence-corrected chi connectivity index (χ4v) is 4.57. The van der Waals surface area contributed by atoms with Gasteiger partial charge in [-0.25, -0.2) is 8.42 Å². The van der Waals surface area contributed by atoms with E-state index in [1.165, 1.54) is 55.0 Å². The molecule has 0 radical (unpaired) electrons. The third-order valence-electron chi connectivity index (χ3n) is 3.58. The molecule has 0 aliphatic carbocycles. The second-order valence-electron chi connectivity index (χ2n) is 5.45. The molecule has 142 valence electrons. The smallest absolute Gasteiger partial charge is 0.243 e. The quantitative estimate of drug-likeness (QED) is 0.702. The molecule has 0 spiro atoms. The average molecular weight is 399 g/mol. The van der Waals surface area contributed by atoms with Gasteiger partial charge in [-0.2, -0.15) is 4.31 Å². The van der Waals surface area contributed by atoms with Gasteiger partial charge in [-0.15, -0.1) is 11.3 Å². The number of carbonyl (C=O) groups excluding carboxylic acids is 1. The largest absolute Gasteiger partial charge is 0.495 e. The number of methoxy groups -OCH3 is 2. The van der Waals surface area contributed by atoms with E-state index in [1.54, 1.807) is 0 Å². The van der Waals surface area contributed by atoms with Crippen molar-refractivity contribution in [3.05, 3.63) is 40.6 Å². The molecule has 1 aromatic heterocycles. The molecule has 0 bridgehead atoms. The maximum absolute atomic E-state index is 13.1. The number of rotatable bonds is 9. The molecular formula is C17H22N2O5S2. The summed E-state index contributed by atoms with van der Waals surface area (Å²) < 4.78 is 37.8. The van der Waals surface area contributed by atoms with Gasteiger partial charge in [-0.05, 0) is 29.6 Å². The van der Waals surface area contributed by atoms with E-state index in [4.69, 9.17) is 9.47 Å². The summed E-state index contributed by atoms with van der Waals surface area (Å²) in [7, 11) is -0.799. The maximum Gasteiger partial charge on any atom is 0.243 e. The minimum Gasteiger partial charge on any atom is -0.495 e. The van der Waals surface area contributed by atoms with Gasteiger partial charge >= 0.3 is 0 Å². The van der Waals surface area contributed by atoms with Crippen molar-refractivity contribution in [2.75, 3.05) is 32.7 Å². The van der Waals surface area contributed by atoms with Crippen molar-refractivity contribution in [2.45, 2.75) is 18.4 Å². The van der Waals surface area contributed by atoms with Crippen molar-refractivity contribution < 1.29 is 22.7 Å². The van der Waals surface area contributed by atoms with Gasteiger partial charge in [-0.1, -0.05) is 6.07 Å². The molecule has 7 nitrogen and oxygen atoms in total. The molecule has 9 heteroatoms. The summed E-state index contributed by atoms with van der Waals surface area (Å²) in [5.74, 6) is 0.0773. The second-order valence-corrected chi connectivity index (χ2v) is 8.42. The Labute approximate surface area is 157 Å². The number of thiophene rings is 1. The highest BCUT2D eigenvalue weighted by Gasteiger charge is 2.26. The fourth-order valence-electron chi connectivity index (χ4n) is 2.34. The van der Waals surface area contributed by atoms with E-state index < -0.39 is 10.0 Å². The summed E-state index contributed by atoms with van der Waals surface area (Å²) in [6, 6.07) is 8.16. The number of hydrogen-bond donors (Lipinski definition) is 1. The van der Waals surface area contributed by atoms with Crippen LogP contribution in [0.25, 0.3) is 0 Å². The van der Waals surface area contributed by atoms with E-state index in [-0.39, 0.29) is 30.5 Å². The standard InChI is InChI=1S/C17H22N2O5S2/c1-13(20)18-16-11-15(6-7-17(16)24-3)26(21,22)19(8-9-23-2)12-14-5-4-10-25-14/h4-7,10-11H,8-9,12H2,1-3H3,(H,18,20). The third kappa shape index (κ3) is 5.04. The zero-order valence-electron chi connectivity index (χ0n) is 14.9. The van der Waals surface area contributed by atoms with E-state index in [1.807, 2.05) is 17.5 Å². The molecule has 1 N–H and O–H groups in total. The van der Waals surface area contributed by atoms with Crippen LogP contribution in [0.5, 0.6) is 5.75 Å². The van der Waals surface area contributed by atoms with Gasteiger partial charge in [0.1, 0.15) is 5.75 Å². The van der Waals surface area contributed by atoms with E-state index >= 15 is 0 Å². The summed E-state index contributed by atoms with van der Waals surface area (Å²) in [4.78, 5) is 12.4. The lowest BCUT2D eigenvalue weighted by Crippen LogP contribution is -2.33. The van der Waals surface area contributed by atoms with Gasteiger partial charge in [0.05, 0.1) is 24.3 Å². The topological polar surface area (TPSA) is 84.9 Å². The van der Waals surface area contributed by atoms with Gasteiger partial charge in [0.25, 0.3) is 0 Å². The first-order chi connectivity index (χ1) is 12.4. The predicted molar refractivity (Wildman–Crippen MR) is 101 cm³/mol. The Hall–Kier alpha value is -1.94. The number of anilines is 1. The highest BCUT2D eigenvalue weighted by atomic mass is 32.2. The van der Waals surface area contributed by atoms with Crippen LogP contribution in [-0.4, -0.2) is 46.0 Å². The molecule has 0 aliphatic rings.